The van der Waals surface area contributed by atoms with Crippen LogP contribution >= 0.6 is 0 Å². The Morgan fingerprint density at radius 1 is 1.14 bits per heavy atom. The molecule has 1 aromatic rings. The highest BCUT2D eigenvalue weighted by Crippen LogP contribution is 2.16. The fourth-order valence-electron chi connectivity index (χ4n) is 2.54. The van der Waals surface area contributed by atoms with Crippen molar-refractivity contribution < 1.29 is 32.3 Å². The van der Waals surface area contributed by atoms with Gasteiger partial charge in [0.25, 0.3) is 0 Å². The lowest BCUT2D eigenvalue weighted by Crippen LogP contribution is -2.55. The minimum atomic E-state index is -5.09. The Morgan fingerprint density at radius 3 is 2.18 bits per heavy atom. The molecule has 10 heteroatoms. The summed E-state index contributed by atoms with van der Waals surface area (Å²) < 4.78 is 42.0. The van der Waals surface area contributed by atoms with Crippen molar-refractivity contribution in [3.63, 3.8) is 0 Å². The fraction of sp³-hybridized carbons (Fsp3) is 0.500. The number of esters is 1. The maximum atomic E-state index is 12.7. The van der Waals surface area contributed by atoms with E-state index in [1.807, 2.05) is 19.6 Å². The summed E-state index contributed by atoms with van der Waals surface area (Å²) >= 11 is 0. The van der Waals surface area contributed by atoms with E-state index in [0.29, 0.717) is 0 Å². The molecule has 2 amide bonds. The minimum Gasteiger partial charge on any atom is -0.467 e. The Kier molecular flexibility index (Phi) is 8.22. The monoisotopic (exact) mass is 418 g/mol. The number of alkyl halides is 3. The maximum Gasteiger partial charge on any atom is 0.471 e. The van der Waals surface area contributed by atoms with Crippen LogP contribution in [0.25, 0.3) is 0 Å². The van der Waals surface area contributed by atoms with E-state index in [1.54, 1.807) is 35.6 Å². The zero-order valence-electron chi connectivity index (χ0n) is 16.3. The SMILES string of the molecule is COC(=O)[C@H](Cc1ccccc1)N(C[Si](C)(C)C)C(=O)CNC(=O)C(F)(F)F. The van der Waals surface area contributed by atoms with Crippen LogP contribution in [0.1, 0.15) is 5.56 Å². The van der Waals surface area contributed by atoms with Gasteiger partial charge < -0.3 is 15.0 Å². The summed E-state index contributed by atoms with van der Waals surface area (Å²) in [6.07, 6.45) is -4.72. The van der Waals surface area contributed by atoms with Gasteiger partial charge in [-0.05, 0) is 5.56 Å². The number of carbonyl (C=O) groups is 3. The van der Waals surface area contributed by atoms with Crippen LogP contribution in [0.2, 0.25) is 19.6 Å². The number of ether oxygens (including phenoxy) is 1. The average molecular weight is 418 g/mol. The molecule has 0 saturated carbocycles. The second kappa shape index (κ2) is 9.72. The third-order valence-electron chi connectivity index (χ3n) is 3.74. The molecule has 0 unspecified atom stereocenters. The Morgan fingerprint density at radius 2 is 1.71 bits per heavy atom. The highest BCUT2D eigenvalue weighted by molar-refractivity contribution is 6.76. The predicted molar refractivity (Wildman–Crippen MR) is 100 cm³/mol. The molecule has 1 N–H and O–H groups in total. The molecule has 28 heavy (non-hydrogen) atoms. The van der Waals surface area contributed by atoms with Crippen molar-refractivity contribution in [1.82, 2.24) is 10.2 Å². The lowest BCUT2D eigenvalue weighted by Gasteiger charge is -2.34. The predicted octanol–water partition coefficient (Wildman–Crippen LogP) is 2.16. The Balaban J connectivity index is 3.10. The largest absolute Gasteiger partial charge is 0.471 e. The van der Waals surface area contributed by atoms with Crippen molar-refractivity contribution >= 4 is 25.9 Å². The number of hydrogen-bond acceptors (Lipinski definition) is 4. The molecule has 6 nitrogen and oxygen atoms in total. The summed E-state index contributed by atoms with van der Waals surface area (Å²) in [5, 5.41) is 1.57. The van der Waals surface area contributed by atoms with Gasteiger partial charge >= 0.3 is 18.1 Å². The summed E-state index contributed by atoms with van der Waals surface area (Å²) in [4.78, 5) is 37.3. The topological polar surface area (TPSA) is 75.7 Å². The van der Waals surface area contributed by atoms with E-state index < -0.39 is 44.6 Å². The van der Waals surface area contributed by atoms with E-state index in [-0.39, 0.29) is 12.6 Å². The zero-order valence-corrected chi connectivity index (χ0v) is 17.3. The van der Waals surface area contributed by atoms with Gasteiger partial charge in [0.15, 0.2) is 0 Å². The molecule has 1 rings (SSSR count). The second-order valence-electron chi connectivity index (χ2n) is 7.49. The molecule has 0 bridgehead atoms. The molecule has 0 aliphatic rings. The van der Waals surface area contributed by atoms with Crippen molar-refractivity contribution in [2.24, 2.45) is 0 Å². The second-order valence-corrected chi connectivity index (χ2v) is 12.9. The highest BCUT2D eigenvalue weighted by Gasteiger charge is 2.40. The number of nitrogens with one attached hydrogen (secondary N) is 1. The first-order valence-corrected chi connectivity index (χ1v) is 12.3. The number of halogens is 3. The summed E-state index contributed by atoms with van der Waals surface area (Å²) in [6, 6.07) is 7.90. The van der Waals surface area contributed by atoms with Gasteiger partial charge in [-0.1, -0.05) is 50.0 Å². The molecule has 0 aliphatic heterocycles. The van der Waals surface area contributed by atoms with Crippen LogP contribution in [-0.2, 0) is 25.5 Å². The quantitative estimate of drug-likeness (QED) is 0.519. The van der Waals surface area contributed by atoms with Gasteiger partial charge in [0.2, 0.25) is 5.91 Å². The van der Waals surface area contributed by atoms with Crippen LogP contribution in [-0.4, -0.2) is 62.8 Å². The van der Waals surface area contributed by atoms with E-state index in [1.165, 1.54) is 12.0 Å². The van der Waals surface area contributed by atoms with Crippen LogP contribution < -0.4 is 5.32 Å². The molecule has 0 fully saturated rings. The van der Waals surface area contributed by atoms with E-state index in [2.05, 4.69) is 0 Å². The molecular formula is C18H25F3N2O4Si. The van der Waals surface area contributed by atoms with Gasteiger partial charge in [-0.15, -0.1) is 0 Å². The third-order valence-corrected chi connectivity index (χ3v) is 5.03. The van der Waals surface area contributed by atoms with Gasteiger partial charge in [0.1, 0.15) is 6.04 Å². The molecule has 156 valence electrons. The average Bonchev–Trinajstić information content (AvgIpc) is 2.60. The van der Waals surface area contributed by atoms with Crippen LogP contribution in [0, 0.1) is 0 Å². The van der Waals surface area contributed by atoms with Crippen molar-refractivity contribution in [1.29, 1.82) is 0 Å². The molecule has 1 atom stereocenters. The number of hydrogen-bond donors (Lipinski definition) is 1. The summed E-state index contributed by atoms with van der Waals surface area (Å²) in [5.74, 6) is -3.64. The number of benzene rings is 1. The van der Waals surface area contributed by atoms with Gasteiger partial charge in [-0.2, -0.15) is 13.2 Å². The van der Waals surface area contributed by atoms with Crippen molar-refractivity contribution in [2.75, 3.05) is 19.8 Å². The van der Waals surface area contributed by atoms with Crippen LogP contribution in [0.3, 0.4) is 0 Å². The third kappa shape index (κ3) is 7.71. The van der Waals surface area contributed by atoms with Gasteiger partial charge in [0, 0.05) is 12.6 Å². The number of amides is 2. The number of nitrogens with zero attached hydrogens (tertiary/aromatic N) is 1. The summed E-state index contributed by atoms with van der Waals surface area (Å²) in [6.45, 7) is 5.01. The maximum absolute atomic E-state index is 12.7. The fourth-order valence-corrected chi connectivity index (χ4v) is 3.95. The number of carbonyl (C=O) groups excluding carboxylic acids is 3. The molecule has 0 saturated heterocycles. The molecule has 0 spiro atoms. The van der Waals surface area contributed by atoms with E-state index in [4.69, 9.17) is 4.74 Å². The van der Waals surface area contributed by atoms with Crippen LogP contribution in [0.15, 0.2) is 30.3 Å². The smallest absolute Gasteiger partial charge is 0.467 e. The first-order valence-electron chi connectivity index (χ1n) is 8.61. The molecule has 1 aromatic carbocycles. The molecule has 0 aliphatic carbocycles. The van der Waals surface area contributed by atoms with Crippen LogP contribution in [0.5, 0.6) is 0 Å². The normalized spacial score (nSPS) is 12.8. The first kappa shape index (κ1) is 23.7. The number of methoxy groups -OCH3 is 1. The van der Waals surface area contributed by atoms with Gasteiger partial charge in [-0.25, -0.2) is 4.79 Å². The molecule has 0 radical (unpaired) electrons. The van der Waals surface area contributed by atoms with Gasteiger partial charge in [0.05, 0.1) is 21.7 Å². The van der Waals surface area contributed by atoms with E-state index in [9.17, 15) is 27.6 Å². The zero-order chi connectivity index (χ0) is 21.5. The minimum absolute atomic E-state index is 0.150. The Bertz CT molecular complexity index is 690. The Hall–Kier alpha value is -2.36. The van der Waals surface area contributed by atoms with E-state index in [0.717, 1.165) is 5.56 Å². The van der Waals surface area contributed by atoms with E-state index >= 15 is 0 Å². The standard InChI is InChI=1S/C18H25F3N2O4Si/c1-27-16(25)14(10-13-8-6-5-7-9-13)23(12-28(2,3)4)15(24)11-22-17(26)18(19,20)21/h5-9,14H,10-12H2,1-4H3,(H,22,26)/t14-/m0/s1. The van der Waals surface area contributed by atoms with Crippen molar-refractivity contribution in [3.05, 3.63) is 35.9 Å². The van der Waals surface area contributed by atoms with Gasteiger partial charge in [-0.3, -0.25) is 9.59 Å². The lowest BCUT2D eigenvalue weighted by molar-refractivity contribution is -0.174. The summed E-state index contributed by atoms with van der Waals surface area (Å²) in [7, 11) is -0.769. The molecule has 0 heterocycles. The van der Waals surface area contributed by atoms with Crippen molar-refractivity contribution in [3.8, 4) is 0 Å². The number of rotatable bonds is 8. The highest BCUT2D eigenvalue weighted by atomic mass is 28.3. The van der Waals surface area contributed by atoms with Crippen LogP contribution in [0.4, 0.5) is 13.2 Å². The summed E-state index contributed by atoms with van der Waals surface area (Å²) in [5.41, 5.74) is 0.769. The Labute approximate surface area is 163 Å². The molecular weight excluding hydrogens is 393 g/mol. The van der Waals surface area contributed by atoms with Crippen molar-refractivity contribution in [2.45, 2.75) is 38.3 Å². The molecule has 0 aromatic heterocycles. The lowest BCUT2D eigenvalue weighted by atomic mass is 10.0. The first-order chi connectivity index (χ1) is 12.8.